The summed E-state index contributed by atoms with van der Waals surface area (Å²) < 4.78 is 0. The summed E-state index contributed by atoms with van der Waals surface area (Å²) in [6, 6.07) is 15.6. The second-order valence-electron chi connectivity index (χ2n) is 10.2. The van der Waals surface area contributed by atoms with Gasteiger partial charge in [0.1, 0.15) is 12.1 Å². The van der Waals surface area contributed by atoms with Crippen LogP contribution in [-0.2, 0) is 27.2 Å². The Morgan fingerprint density at radius 2 is 1.54 bits per heavy atom. The number of nitrogens with zero attached hydrogens (tertiary/aromatic N) is 3. The minimum Gasteiger partial charge on any atom is -0.361 e. The van der Waals surface area contributed by atoms with E-state index in [0.717, 1.165) is 22.0 Å². The van der Waals surface area contributed by atoms with Crippen molar-refractivity contribution in [2.45, 2.75) is 44.3 Å². The fourth-order valence-electron chi connectivity index (χ4n) is 4.10. The fraction of sp³-hybridized carbons (Fsp3) is 0.393. The number of aromatic amines is 1. The molecule has 0 spiro atoms. The topological polar surface area (TPSA) is 115 Å². The van der Waals surface area contributed by atoms with E-state index >= 15 is 0 Å². The lowest BCUT2D eigenvalue weighted by molar-refractivity contribution is -0.153. The highest BCUT2D eigenvalue weighted by molar-refractivity contribution is 5.94. The van der Waals surface area contributed by atoms with Gasteiger partial charge in [-0.25, -0.2) is 5.01 Å². The summed E-state index contributed by atoms with van der Waals surface area (Å²) in [5, 5.41) is 6.96. The minimum absolute atomic E-state index is 0.235. The van der Waals surface area contributed by atoms with Crippen LogP contribution in [0.3, 0.4) is 0 Å². The molecule has 9 nitrogen and oxygen atoms in total. The number of hydrogen-bond acceptors (Lipinski definition) is 5. The van der Waals surface area contributed by atoms with Gasteiger partial charge in [0, 0.05) is 58.1 Å². The number of hydrazine groups is 1. The molecule has 37 heavy (non-hydrogen) atoms. The molecule has 3 amide bonds. The van der Waals surface area contributed by atoms with Gasteiger partial charge in [-0.1, -0.05) is 48.5 Å². The molecule has 4 N–H and O–H groups in total. The molecule has 2 aromatic carbocycles. The van der Waals surface area contributed by atoms with Gasteiger partial charge in [-0.3, -0.25) is 19.4 Å². The van der Waals surface area contributed by atoms with E-state index in [2.05, 4.69) is 10.3 Å². The maximum atomic E-state index is 14.0. The number of hydrogen-bond donors (Lipinski definition) is 3. The number of likely N-dealkylation sites (N-methyl/N-ethyl adjacent to an activating group) is 2. The average Bonchev–Trinajstić information content (AvgIpc) is 3.27. The van der Waals surface area contributed by atoms with Crippen LogP contribution in [0.1, 0.15) is 25.0 Å². The van der Waals surface area contributed by atoms with Crippen molar-refractivity contribution in [2.75, 3.05) is 28.2 Å². The van der Waals surface area contributed by atoms with E-state index in [4.69, 9.17) is 5.73 Å². The summed E-state index contributed by atoms with van der Waals surface area (Å²) in [7, 11) is 6.81. The maximum Gasteiger partial charge on any atom is 0.259 e. The first-order valence-corrected chi connectivity index (χ1v) is 12.3. The van der Waals surface area contributed by atoms with Crippen LogP contribution in [0.2, 0.25) is 0 Å². The van der Waals surface area contributed by atoms with Crippen molar-refractivity contribution in [1.29, 1.82) is 0 Å². The monoisotopic (exact) mass is 506 g/mol. The number of amides is 3. The predicted octanol–water partition coefficient (Wildman–Crippen LogP) is 1.94. The maximum absolute atomic E-state index is 14.0. The van der Waals surface area contributed by atoms with Crippen molar-refractivity contribution in [3.8, 4) is 0 Å². The Kier molecular flexibility index (Phi) is 8.73. The molecule has 2 atom stereocenters. The first kappa shape index (κ1) is 27.9. The molecule has 1 aromatic heterocycles. The van der Waals surface area contributed by atoms with Crippen LogP contribution in [0.5, 0.6) is 0 Å². The van der Waals surface area contributed by atoms with Crippen LogP contribution in [0.15, 0.2) is 60.8 Å². The van der Waals surface area contributed by atoms with Gasteiger partial charge in [-0.15, -0.1) is 0 Å². The SMILES string of the molecule is CN(C(=O)C(Cc1c[nH]c2ccccc12)NC(=O)C(C)(C)N)C(Cc1ccccc1)C(=O)N(C)N(C)C. The number of nitrogens with one attached hydrogen (secondary N) is 2. The average molecular weight is 507 g/mol. The van der Waals surface area contributed by atoms with E-state index in [9.17, 15) is 14.4 Å². The van der Waals surface area contributed by atoms with Gasteiger partial charge in [0.15, 0.2) is 0 Å². The van der Waals surface area contributed by atoms with Gasteiger partial charge >= 0.3 is 0 Å². The van der Waals surface area contributed by atoms with Crippen LogP contribution in [0.25, 0.3) is 10.9 Å². The van der Waals surface area contributed by atoms with Gasteiger partial charge in [0.25, 0.3) is 5.91 Å². The quantitative estimate of drug-likeness (QED) is 0.364. The van der Waals surface area contributed by atoms with Crippen LogP contribution in [0.4, 0.5) is 0 Å². The number of nitrogens with two attached hydrogens (primary N) is 1. The number of fused-ring (bicyclic) bond motifs is 1. The molecule has 0 aliphatic carbocycles. The highest BCUT2D eigenvalue weighted by atomic mass is 16.2. The van der Waals surface area contributed by atoms with Gasteiger partial charge in [-0.05, 0) is 31.0 Å². The first-order valence-electron chi connectivity index (χ1n) is 12.3. The van der Waals surface area contributed by atoms with Crippen molar-refractivity contribution in [3.63, 3.8) is 0 Å². The zero-order chi connectivity index (χ0) is 27.3. The molecule has 1 heterocycles. The van der Waals surface area contributed by atoms with E-state index in [0.29, 0.717) is 6.42 Å². The molecule has 0 aliphatic rings. The molecule has 198 valence electrons. The number of rotatable bonds is 10. The summed E-state index contributed by atoms with van der Waals surface area (Å²) in [5.41, 5.74) is 7.61. The van der Waals surface area contributed by atoms with Crippen molar-refractivity contribution < 1.29 is 14.4 Å². The lowest BCUT2D eigenvalue weighted by Crippen LogP contribution is -2.60. The van der Waals surface area contributed by atoms with Gasteiger partial charge in [0.05, 0.1) is 5.54 Å². The summed E-state index contributed by atoms with van der Waals surface area (Å²) >= 11 is 0. The number of benzene rings is 2. The molecule has 9 heteroatoms. The van der Waals surface area contributed by atoms with E-state index in [-0.39, 0.29) is 18.2 Å². The van der Waals surface area contributed by atoms with Crippen molar-refractivity contribution in [2.24, 2.45) is 5.73 Å². The lowest BCUT2D eigenvalue weighted by Gasteiger charge is -2.35. The Bertz CT molecular complexity index is 1230. The third-order valence-electron chi connectivity index (χ3n) is 6.58. The van der Waals surface area contributed by atoms with E-state index in [1.165, 1.54) is 9.91 Å². The number of aromatic nitrogens is 1. The highest BCUT2D eigenvalue weighted by Gasteiger charge is 2.36. The highest BCUT2D eigenvalue weighted by Crippen LogP contribution is 2.21. The molecule has 0 saturated carbocycles. The van der Waals surface area contributed by atoms with E-state index < -0.39 is 23.5 Å². The normalized spacial score (nSPS) is 13.3. The van der Waals surface area contributed by atoms with E-state index in [1.54, 1.807) is 47.0 Å². The second-order valence-corrected chi connectivity index (χ2v) is 10.2. The second kappa shape index (κ2) is 11.6. The zero-order valence-corrected chi connectivity index (χ0v) is 22.5. The Morgan fingerprint density at radius 3 is 2.16 bits per heavy atom. The zero-order valence-electron chi connectivity index (χ0n) is 22.5. The lowest BCUT2D eigenvalue weighted by atomic mass is 9.99. The molecule has 0 bridgehead atoms. The number of carbonyl (C=O) groups is 3. The summed E-state index contributed by atoms with van der Waals surface area (Å²) in [6.45, 7) is 3.18. The van der Waals surface area contributed by atoms with Crippen LogP contribution in [0, 0.1) is 0 Å². The van der Waals surface area contributed by atoms with Crippen LogP contribution >= 0.6 is 0 Å². The smallest absolute Gasteiger partial charge is 0.259 e. The van der Waals surface area contributed by atoms with Crippen molar-refractivity contribution in [1.82, 2.24) is 25.2 Å². The molecular formula is C28H38N6O3. The summed E-state index contributed by atoms with van der Waals surface area (Å²) in [6.07, 6.45) is 2.41. The van der Waals surface area contributed by atoms with Gasteiger partial charge in [0.2, 0.25) is 11.8 Å². The Labute approximate surface area is 218 Å². The molecule has 3 aromatic rings. The Hall–Kier alpha value is -3.69. The molecule has 0 radical (unpaired) electrons. The minimum atomic E-state index is -1.18. The third kappa shape index (κ3) is 6.75. The predicted molar refractivity (Wildman–Crippen MR) is 145 cm³/mol. The van der Waals surface area contributed by atoms with Crippen molar-refractivity contribution >= 4 is 28.6 Å². The Morgan fingerprint density at radius 1 is 0.919 bits per heavy atom. The van der Waals surface area contributed by atoms with Crippen LogP contribution < -0.4 is 11.1 Å². The largest absolute Gasteiger partial charge is 0.361 e. The molecule has 0 saturated heterocycles. The number of carbonyl (C=O) groups excluding carboxylic acids is 3. The third-order valence-corrected chi connectivity index (χ3v) is 6.58. The number of H-pyrrole nitrogens is 1. The van der Waals surface area contributed by atoms with Gasteiger partial charge in [-0.2, -0.15) is 0 Å². The molecule has 0 fully saturated rings. The molecular weight excluding hydrogens is 468 g/mol. The Balaban J connectivity index is 1.96. The summed E-state index contributed by atoms with van der Waals surface area (Å²) in [4.78, 5) is 45.0. The first-order chi connectivity index (χ1) is 17.4. The molecule has 3 rings (SSSR count). The number of para-hydroxylation sites is 1. The van der Waals surface area contributed by atoms with Gasteiger partial charge < -0.3 is 20.9 Å². The van der Waals surface area contributed by atoms with Crippen molar-refractivity contribution in [3.05, 3.63) is 71.9 Å². The molecule has 2 unspecified atom stereocenters. The van der Waals surface area contributed by atoms with Crippen LogP contribution in [-0.4, -0.2) is 83.4 Å². The standard InChI is InChI=1S/C28H38N6O3/c1-28(2,29)27(37)31-23(17-20-18-30-22-15-11-10-14-21(20)22)25(35)33(5)24(26(36)34(6)32(3)4)16-19-12-8-7-9-13-19/h7-15,18,23-24,30H,16-17,29H2,1-6H3,(H,31,37). The summed E-state index contributed by atoms with van der Waals surface area (Å²) in [5.74, 6) is -1.05. The molecule has 0 aliphatic heterocycles. The fourth-order valence-corrected chi connectivity index (χ4v) is 4.10. The van der Waals surface area contributed by atoms with E-state index in [1.807, 2.05) is 60.8 Å².